The quantitative estimate of drug-likeness (QED) is 0.216. The van der Waals surface area contributed by atoms with Crippen LogP contribution in [0.5, 0.6) is 17.2 Å². The molecule has 36 heavy (non-hydrogen) atoms. The third kappa shape index (κ3) is 5.40. The zero-order chi connectivity index (χ0) is 25.1. The number of benzene rings is 4. The average molecular weight is 501 g/mol. The van der Waals surface area contributed by atoms with Crippen LogP contribution in [0.3, 0.4) is 0 Å². The number of hydrogen-bond donors (Lipinski definition) is 1. The molecule has 0 saturated heterocycles. The number of anilines is 2. The summed E-state index contributed by atoms with van der Waals surface area (Å²) in [6.07, 6.45) is 2.77. The van der Waals surface area contributed by atoms with E-state index in [0.717, 1.165) is 51.9 Å². The van der Waals surface area contributed by atoms with Crippen molar-refractivity contribution < 1.29 is 9.47 Å². The molecule has 6 nitrogen and oxygen atoms in total. The Kier molecular flexibility index (Phi) is 6.98. The molecule has 0 radical (unpaired) electrons. The highest BCUT2D eigenvalue weighted by molar-refractivity contribution is 6.32. The Hall–Kier alpha value is -3.74. The van der Waals surface area contributed by atoms with Gasteiger partial charge in [-0.1, -0.05) is 29.8 Å². The number of aromatic nitrogens is 2. The van der Waals surface area contributed by atoms with E-state index in [0.29, 0.717) is 23.1 Å². The summed E-state index contributed by atoms with van der Waals surface area (Å²) in [7, 11) is 6.11. The molecule has 5 rings (SSSR count). The highest BCUT2D eigenvalue weighted by Gasteiger charge is 2.09. The van der Waals surface area contributed by atoms with Crippen molar-refractivity contribution in [3.05, 3.63) is 84.1 Å². The fourth-order valence-corrected chi connectivity index (χ4v) is 4.36. The molecule has 1 heterocycles. The van der Waals surface area contributed by atoms with Crippen LogP contribution in [0.2, 0.25) is 5.02 Å². The molecule has 0 atom stereocenters. The van der Waals surface area contributed by atoms with E-state index >= 15 is 0 Å². The number of imidazole rings is 1. The minimum atomic E-state index is 0.520. The lowest BCUT2D eigenvalue weighted by Crippen LogP contribution is -2.15. The summed E-state index contributed by atoms with van der Waals surface area (Å²) in [5.41, 5.74) is 3.78. The molecule has 1 aromatic heterocycles. The van der Waals surface area contributed by atoms with Gasteiger partial charge in [0.05, 0.1) is 29.0 Å². The Bertz CT molecular complexity index is 1510. The molecule has 1 N–H and O–H groups in total. The lowest BCUT2D eigenvalue weighted by molar-refractivity contribution is 0.282. The molecule has 0 amide bonds. The summed E-state index contributed by atoms with van der Waals surface area (Å²) in [6, 6.07) is 23.9. The van der Waals surface area contributed by atoms with Crippen LogP contribution in [0.1, 0.15) is 6.42 Å². The predicted octanol–water partition coefficient (Wildman–Crippen LogP) is 7.25. The van der Waals surface area contributed by atoms with Crippen molar-refractivity contribution in [2.24, 2.45) is 7.05 Å². The molecule has 0 fully saturated rings. The molecular weight excluding hydrogens is 472 g/mol. The summed E-state index contributed by atoms with van der Waals surface area (Å²) >= 11 is 6.60. The van der Waals surface area contributed by atoms with Crippen molar-refractivity contribution in [3.63, 3.8) is 0 Å². The van der Waals surface area contributed by atoms with Crippen molar-refractivity contribution in [2.45, 2.75) is 6.42 Å². The van der Waals surface area contributed by atoms with Crippen molar-refractivity contribution in [2.75, 3.05) is 32.6 Å². The van der Waals surface area contributed by atoms with Gasteiger partial charge in [-0.15, -0.1) is 0 Å². The maximum absolute atomic E-state index is 6.60. The van der Waals surface area contributed by atoms with Crippen LogP contribution in [0.4, 0.5) is 11.4 Å². The van der Waals surface area contributed by atoms with Gasteiger partial charge in [-0.05, 0) is 74.4 Å². The molecule has 0 aliphatic heterocycles. The van der Waals surface area contributed by atoms with E-state index in [4.69, 9.17) is 21.1 Å². The number of halogens is 1. The van der Waals surface area contributed by atoms with Gasteiger partial charge in [-0.3, -0.25) is 0 Å². The van der Waals surface area contributed by atoms with Crippen molar-refractivity contribution >= 4 is 44.8 Å². The smallest absolute Gasteiger partial charge is 0.146 e. The molecule has 5 aromatic rings. The van der Waals surface area contributed by atoms with E-state index in [1.54, 1.807) is 6.33 Å². The Morgan fingerprint density at radius 3 is 2.67 bits per heavy atom. The van der Waals surface area contributed by atoms with Gasteiger partial charge < -0.3 is 24.3 Å². The Morgan fingerprint density at radius 1 is 0.972 bits per heavy atom. The fraction of sp³-hybridized carbons (Fsp3) is 0.207. The SMILES string of the molecule is CN(C)CCCOc1ccc2cccc(Nc3ccc(Oc4ccc5c(c4)ncn5C)c(Cl)c3)c2c1. The predicted molar refractivity (Wildman–Crippen MR) is 148 cm³/mol. The summed E-state index contributed by atoms with van der Waals surface area (Å²) < 4.78 is 14.0. The second kappa shape index (κ2) is 10.5. The van der Waals surface area contributed by atoms with Crippen molar-refractivity contribution in [1.29, 1.82) is 0 Å². The van der Waals surface area contributed by atoms with E-state index in [2.05, 4.69) is 53.6 Å². The van der Waals surface area contributed by atoms with Crippen molar-refractivity contribution in [3.8, 4) is 17.2 Å². The number of fused-ring (bicyclic) bond motifs is 2. The summed E-state index contributed by atoms with van der Waals surface area (Å²) in [4.78, 5) is 6.55. The van der Waals surface area contributed by atoms with Gasteiger partial charge >= 0.3 is 0 Å². The molecule has 0 aliphatic rings. The Labute approximate surface area is 216 Å². The first-order chi connectivity index (χ1) is 17.5. The van der Waals surface area contributed by atoms with E-state index < -0.39 is 0 Å². The van der Waals surface area contributed by atoms with Crippen LogP contribution in [-0.4, -0.2) is 41.7 Å². The van der Waals surface area contributed by atoms with Gasteiger partial charge in [-0.25, -0.2) is 4.98 Å². The summed E-state index contributed by atoms with van der Waals surface area (Å²) in [5, 5.41) is 6.24. The first kappa shape index (κ1) is 24.0. The zero-order valence-electron chi connectivity index (χ0n) is 20.7. The molecule has 0 aliphatic carbocycles. The van der Waals surface area contributed by atoms with Crippen LogP contribution < -0.4 is 14.8 Å². The van der Waals surface area contributed by atoms with Crippen LogP contribution in [0.25, 0.3) is 21.8 Å². The van der Waals surface area contributed by atoms with E-state index in [1.165, 1.54) is 0 Å². The van der Waals surface area contributed by atoms with Gasteiger partial charge in [0.25, 0.3) is 0 Å². The highest BCUT2D eigenvalue weighted by atomic mass is 35.5. The summed E-state index contributed by atoms with van der Waals surface area (Å²) in [5.74, 6) is 2.14. The molecule has 7 heteroatoms. The first-order valence-electron chi connectivity index (χ1n) is 11.9. The average Bonchev–Trinajstić information content (AvgIpc) is 3.23. The lowest BCUT2D eigenvalue weighted by atomic mass is 10.1. The lowest BCUT2D eigenvalue weighted by Gasteiger charge is -2.14. The van der Waals surface area contributed by atoms with Gasteiger partial charge in [0.2, 0.25) is 0 Å². The molecule has 0 saturated carbocycles. The molecule has 4 aromatic carbocycles. The molecule has 0 spiro atoms. The first-order valence-corrected chi connectivity index (χ1v) is 12.3. The third-order valence-electron chi connectivity index (χ3n) is 6.01. The molecule has 0 bridgehead atoms. The molecule has 184 valence electrons. The van der Waals surface area contributed by atoms with E-state index in [1.807, 2.05) is 60.1 Å². The zero-order valence-corrected chi connectivity index (χ0v) is 21.4. The van der Waals surface area contributed by atoms with E-state index in [-0.39, 0.29) is 0 Å². The maximum atomic E-state index is 6.60. The number of rotatable bonds is 9. The number of hydrogen-bond acceptors (Lipinski definition) is 5. The fourth-order valence-electron chi connectivity index (χ4n) is 4.14. The third-order valence-corrected chi connectivity index (χ3v) is 6.30. The van der Waals surface area contributed by atoms with Crippen LogP contribution in [0.15, 0.2) is 79.1 Å². The van der Waals surface area contributed by atoms with Crippen LogP contribution in [0, 0.1) is 0 Å². The van der Waals surface area contributed by atoms with Crippen molar-refractivity contribution in [1.82, 2.24) is 14.5 Å². The maximum Gasteiger partial charge on any atom is 0.146 e. The Morgan fingerprint density at radius 2 is 1.83 bits per heavy atom. The van der Waals surface area contributed by atoms with Gasteiger partial charge in [0.15, 0.2) is 0 Å². The highest BCUT2D eigenvalue weighted by Crippen LogP contribution is 2.35. The topological polar surface area (TPSA) is 51.6 Å². The van der Waals surface area contributed by atoms with Crippen LogP contribution >= 0.6 is 11.6 Å². The minimum absolute atomic E-state index is 0.520. The summed E-state index contributed by atoms with van der Waals surface area (Å²) in [6.45, 7) is 1.68. The Balaban J connectivity index is 1.32. The van der Waals surface area contributed by atoms with E-state index in [9.17, 15) is 0 Å². The normalized spacial score (nSPS) is 11.4. The molecular formula is C29H29ClN4O2. The van der Waals surface area contributed by atoms with Gasteiger partial charge in [-0.2, -0.15) is 0 Å². The van der Waals surface area contributed by atoms with Gasteiger partial charge in [0.1, 0.15) is 17.2 Å². The second-order valence-corrected chi connectivity index (χ2v) is 9.48. The second-order valence-electron chi connectivity index (χ2n) is 9.07. The molecule has 0 unspecified atom stereocenters. The monoisotopic (exact) mass is 500 g/mol. The standard InChI is InChI=1S/C29H29ClN4O2/c1-33(2)14-5-15-35-22-10-8-20-6-4-7-26(24(20)17-22)32-21-9-13-29(25(30)16-21)36-23-11-12-28-27(18-23)31-19-34(28)3/h4,6-13,16-19,32H,5,14-15H2,1-3H3. The number of nitrogens with zero attached hydrogens (tertiary/aromatic N) is 3. The van der Waals surface area contributed by atoms with Crippen LogP contribution in [-0.2, 0) is 7.05 Å². The number of ether oxygens (including phenoxy) is 2. The number of aryl methyl sites for hydroxylation is 1. The largest absolute Gasteiger partial charge is 0.494 e. The van der Waals surface area contributed by atoms with Gasteiger partial charge in [0, 0.05) is 36.4 Å². The minimum Gasteiger partial charge on any atom is -0.494 e. The number of nitrogens with one attached hydrogen (secondary N) is 1.